The molecular formula is C13H16N4O2. The summed E-state index contributed by atoms with van der Waals surface area (Å²) in [5.74, 6) is 7.61. The minimum Gasteiger partial charge on any atom is -0.490 e. The summed E-state index contributed by atoms with van der Waals surface area (Å²) in [5, 5.41) is 0. The first kappa shape index (κ1) is 13.1. The number of hydrazine groups is 1. The molecular weight excluding hydrogens is 244 g/mol. The average molecular weight is 260 g/mol. The number of rotatable bonds is 5. The Labute approximate surface area is 111 Å². The summed E-state index contributed by atoms with van der Waals surface area (Å²) in [6, 6.07) is 7.42. The molecule has 0 aliphatic rings. The van der Waals surface area contributed by atoms with Gasteiger partial charge in [-0.1, -0.05) is 12.1 Å². The Hall–Kier alpha value is -2.34. The predicted molar refractivity (Wildman–Crippen MR) is 72.3 cm³/mol. The van der Waals surface area contributed by atoms with E-state index < -0.39 is 0 Å². The summed E-state index contributed by atoms with van der Waals surface area (Å²) in [6.45, 7) is 4.32. The number of aromatic nitrogens is 2. The second kappa shape index (κ2) is 6.01. The Balaban J connectivity index is 2.31. The molecule has 2 rings (SSSR count). The molecule has 2 aromatic rings. The van der Waals surface area contributed by atoms with E-state index in [4.69, 9.17) is 15.3 Å². The number of nitrogens with two attached hydrogens (primary N) is 1. The van der Waals surface area contributed by atoms with Crippen LogP contribution in [0.1, 0.15) is 12.5 Å². The average Bonchev–Trinajstić information content (AvgIpc) is 2.43. The van der Waals surface area contributed by atoms with E-state index in [1.165, 1.54) is 6.33 Å². The van der Waals surface area contributed by atoms with Crippen molar-refractivity contribution in [1.29, 1.82) is 0 Å². The number of hydrogen-bond acceptors (Lipinski definition) is 6. The van der Waals surface area contributed by atoms with Crippen LogP contribution in [-0.4, -0.2) is 16.6 Å². The zero-order valence-corrected chi connectivity index (χ0v) is 10.9. The molecule has 0 bridgehead atoms. The number of hydrogen-bond donors (Lipinski definition) is 2. The number of ether oxygens (including phenoxy) is 2. The molecule has 1 aromatic heterocycles. The second-order valence-corrected chi connectivity index (χ2v) is 3.78. The van der Waals surface area contributed by atoms with Gasteiger partial charge in [0.15, 0.2) is 11.5 Å². The van der Waals surface area contributed by atoms with Crippen LogP contribution in [0.15, 0.2) is 30.6 Å². The van der Waals surface area contributed by atoms with Gasteiger partial charge in [0, 0.05) is 0 Å². The standard InChI is InChI=1S/C13H16N4O2/c1-3-18-10-6-4-5-7-11(10)19-13-9(2)12(17-14)15-8-16-13/h4-8H,3,14H2,1-2H3,(H,15,16,17). The highest BCUT2D eigenvalue weighted by Gasteiger charge is 2.11. The smallest absolute Gasteiger partial charge is 0.227 e. The highest BCUT2D eigenvalue weighted by atomic mass is 16.5. The summed E-state index contributed by atoms with van der Waals surface area (Å²) in [5.41, 5.74) is 3.23. The SMILES string of the molecule is CCOc1ccccc1Oc1ncnc(NN)c1C. The van der Waals surface area contributed by atoms with Gasteiger partial charge in [-0.05, 0) is 26.0 Å². The molecule has 0 saturated heterocycles. The molecule has 0 radical (unpaired) electrons. The molecule has 0 aliphatic heterocycles. The Morgan fingerprint density at radius 2 is 1.95 bits per heavy atom. The highest BCUT2D eigenvalue weighted by Crippen LogP contribution is 2.32. The third-order valence-electron chi connectivity index (χ3n) is 2.53. The largest absolute Gasteiger partial charge is 0.490 e. The van der Waals surface area contributed by atoms with Crippen molar-refractivity contribution in [3.63, 3.8) is 0 Å². The lowest BCUT2D eigenvalue weighted by Crippen LogP contribution is -2.11. The molecule has 0 unspecified atom stereocenters. The molecule has 0 fully saturated rings. The number of nitrogens with zero attached hydrogens (tertiary/aromatic N) is 2. The van der Waals surface area contributed by atoms with Crippen LogP contribution in [0.25, 0.3) is 0 Å². The van der Waals surface area contributed by atoms with E-state index in [2.05, 4.69) is 15.4 Å². The van der Waals surface area contributed by atoms with E-state index in [0.29, 0.717) is 29.8 Å². The van der Waals surface area contributed by atoms with Crippen LogP contribution < -0.4 is 20.7 Å². The predicted octanol–water partition coefficient (Wildman–Crippen LogP) is 2.26. The number of anilines is 1. The molecule has 0 aliphatic carbocycles. The minimum absolute atomic E-state index is 0.440. The normalized spacial score (nSPS) is 10.1. The monoisotopic (exact) mass is 260 g/mol. The van der Waals surface area contributed by atoms with Crippen LogP contribution in [-0.2, 0) is 0 Å². The Bertz CT molecular complexity index is 560. The Morgan fingerprint density at radius 3 is 2.63 bits per heavy atom. The highest BCUT2D eigenvalue weighted by molar-refractivity contribution is 5.49. The molecule has 1 aromatic carbocycles. The summed E-state index contributed by atoms with van der Waals surface area (Å²) in [4.78, 5) is 8.10. The van der Waals surface area contributed by atoms with Crippen molar-refractivity contribution < 1.29 is 9.47 Å². The Morgan fingerprint density at radius 1 is 1.21 bits per heavy atom. The molecule has 0 amide bonds. The van der Waals surface area contributed by atoms with Crippen LogP contribution in [0.4, 0.5) is 5.82 Å². The first-order valence-corrected chi connectivity index (χ1v) is 5.94. The summed E-state index contributed by atoms with van der Waals surface area (Å²) in [7, 11) is 0. The number of nitrogen functional groups attached to an aromatic ring is 1. The fourth-order valence-corrected chi connectivity index (χ4v) is 1.60. The summed E-state index contributed by atoms with van der Waals surface area (Å²) >= 11 is 0. The van der Waals surface area contributed by atoms with Crippen LogP contribution in [0, 0.1) is 6.92 Å². The van der Waals surface area contributed by atoms with Gasteiger partial charge >= 0.3 is 0 Å². The van der Waals surface area contributed by atoms with Gasteiger partial charge in [0.25, 0.3) is 0 Å². The van der Waals surface area contributed by atoms with E-state index in [1.807, 2.05) is 38.1 Å². The minimum atomic E-state index is 0.440. The van der Waals surface area contributed by atoms with Crippen LogP contribution in [0.5, 0.6) is 17.4 Å². The van der Waals surface area contributed by atoms with Crippen LogP contribution >= 0.6 is 0 Å². The van der Waals surface area contributed by atoms with E-state index in [-0.39, 0.29) is 0 Å². The van der Waals surface area contributed by atoms with Gasteiger partial charge in [0.2, 0.25) is 5.88 Å². The van der Waals surface area contributed by atoms with Crippen molar-refractivity contribution in [1.82, 2.24) is 9.97 Å². The maximum Gasteiger partial charge on any atom is 0.227 e. The van der Waals surface area contributed by atoms with Gasteiger partial charge in [0.1, 0.15) is 12.1 Å². The van der Waals surface area contributed by atoms with Crippen molar-refractivity contribution in [3.05, 3.63) is 36.2 Å². The molecule has 3 N–H and O–H groups in total. The zero-order valence-electron chi connectivity index (χ0n) is 10.9. The molecule has 0 saturated carbocycles. The molecule has 6 nitrogen and oxygen atoms in total. The second-order valence-electron chi connectivity index (χ2n) is 3.78. The van der Waals surface area contributed by atoms with E-state index in [1.54, 1.807) is 0 Å². The van der Waals surface area contributed by atoms with Gasteiger partial charge in [-0.15, -0.1) is 0 Å². The van der Waals surface area contributed by atoms with Gasteiger partial charge in [-0.2, -0.15) is 0 Å². The first-order valence-electron chi connectivity index (χ1n) is 5.94. The van der Waals surface area contributed by atoms with Gasteiger partial charge < -0.3 is 14.9 Å². The first-order chi connectivity index (χ1) is 9.26. The zero-order chi connectivity index (χ0) is 13.7. The van der Waals surface area contributed by atoms with Crippen LogP contribution in [0.3, 0.4) is 0 Å². The molecule has 0 spiro atoms. The lowest BCUT2D eigenvalue weighted by atomic mass is 10.3. The number of nitrogens with one attached hydrogen (secondary N) is 1. The maximum atomic E-state index is 5.76. The maximum absolute atomic E-state index is 5.76. The van der Waals surface area contributed by atoms with E-state index >= 15 is 0 Å². The number of benzene rings is 1. The Kier molecular flexibility index (Phi) is 4.15. The molecule has 1 heterocycles. The fourth-order valence-electron chi connectivity index (χ4n) is 1.60. The van der Waals surface area contributed by atoms with Crippen LogP contribution in [0.2, 0.25) is 0 Å². The van der Waals surface area contributed by atoms with E-state index in [9.17, 15) is 0 Å². The quantitative estimate of drug-likeness (QED) is 0.634. The molecule has 100 valence electrons. The molecule has 19 heavy (non-hydrogen) atoms. The third-order valence-corrected chi connectivity index (χ3v) is 2.53. The van der Waals surface area contributed by atoms with Crippen molar-refractivity contribution in [3.8, 4) is 17.4 Å². The molecule has 0 atom stereocenters. The van der Waals surface area contributed by atoms with Gasteiger partial charge in [-0.25, -0.2) is 15.8 Å². The summed E-state index contributed by atoms with van der Waals surface area (Å²) < 4.78 is 11.3. The van der Waals surface area contributed by atoms with Crippen molar-refractivity contribution >= 4 is 5.82 Å². The third kappa shape index (κ3) is 2.92. The van der Waals surface area contributed by atoms with E-state index in [0.717, 1.165) is 5.56 Å². The van der Waals surface area contributed by atoms with Gasteiger partial charge in [-0.3, -0.25) is 0 Å². The lowest BCUT2D eigenvalue weighted by Gasteiger charge is -2.12. The summed E-state index contributed by atoms with van der Waals surface area (Å²) in [6.07, 6.45) is 1.39. The van der Waals surface area contributed by atoms with Crippen molar-refractivity contribution in [2.75, 3.05) is 12.0 Å². The van der Waals surface area contributed by atoms with Crippen molar-refractivity contribution in [2.45, 2.75) is 13.8 Å². The van der Waals surface area contributed by atoms with Gasteiger partial charge in [0.05, 0.1) is 12.2 Å². The molecule has 6 heteroatoms. The van der Waals surface area contributed by atoms with Crippen molar-refractivity contribution in [2.24, 2.45) is 5.84 Å². The lowest BCUT2D eigenvalue weighted by molar-refractivity contribution is 0.319. The number of para-hydroxylation sites is 2. The fraction of sp³-hybridized carbons (Fsp3) is 0.231. The topological polar surface area (TPSA) is 82.3 Å².